The van der Waals surface area contributed by atoms with Crippen molar-refractivity contribution in [3.05, 3.63) is 0 Å². The quantitative estimate of drug-likeness (QED) is 0.328. The van der Waals surface area contributed by atoms with Gasteiger partial charge < -0.3 is 4.48 Å². The summed E-state index contributed by atoms with van der Waals surface area (Å²) in [5.41, 5.74) is 0. The van der Waals surface area contributed by atoms with Crippen LogP contribution in [0.15, 0.2) is 0 Å². The molecular formula is C20H46N+. The maximum Gasteiger partial charge on any atom is 0.0786 e. The van der Waals surface area contributed by atoms with Crippen LogP contribution in [0.4, 0.5) is 0 Å². The molecular weight excluding hydrogens is 254 g/mol. The van der Waals surface area contributed by atoms with Gasteiger partial charge in [-0.2, -0.15) is 0 Å². The lowest BCUT2D eigenvalue weighted by molar-refractivity contribution is -0.929. The summed E-state index contributed by atoms with van der Waals surface area (Å²) in [6.07, 6.45) is 13.7. The van der Waals surface area contributed by atoms with Crippen LogP contribution in [0.3, 0.4) is 0 Å². The molecule has 0 aliphatic carbocycles. The molecule has 130 valence electrons. The van der Waals surface area contributed by atoms with E-state index in [0.717, 1.165) is 0 Å². The summed E-state index contributed by atoms with van der Waals surface area (Å²) in [7, 11) is 0. The highest BCUT2D eigenvalue weighted by atomic mass is 15.3. The lowest BCUT2D eigenvalue weighted by atomic mass is 10.1. The molecule has 0 aliphatic heterocycles. The van der Waals surface area contributed by atoms with E-state index in [9.17, 15) is 0 Å². The van der Waals surface area contributed by atoms with E-state index in [2.05, 4.69) is 41.5 Å². The smallest absolute Gasteiger partial charge is 0.0786 e. The average Bonchev–Trinajstić information content (AvgIpc) is 2.53. The molecule has 0 fully saturated rings. The van der Waals surface area contributed by atoms with Crippen molar-refractivity contribution in [1.29, 1.82) is 0 Å². The Kier molecular flexibility index (Phi) is 19.9. The zero-order valence-corrected chi connectivity index (χ0v) is 16.3. The van der Waals surface area contributed by atoms with Gasteiger partial charge in [0.05, 0.1) is 26.2 Å². The molecule has 0 bridgehead atoms. The third-order valence-corrected chi connectivity index (χ3v) is 4.44. The fraction of sp³-hybridized carbons (Fsp3) is 1.00. The van der Waals surface area contributed by atoms with Crippen molar-refractivity contribution in [1.82, 2.24) is 0 Å². The number of nitrogens with zero attached hydrogens (tertiary/aromatic N) is 1. The summed E-state index contributed by atoms with van der Waals surface area (Å²) >= 11 is 0. The topological polar surface area (TPSA) is 0 Å². The van der Waals surface area contributed by atoms with Crippen molar-refractivity contribution in [2.45, 2.75) is 106 Å². The van der Waals surface area contributed by atoms with Gasteiger partial charge in [-0.3, -0.25) is 0 Å². The highest BCUT2D eigenvalue weighted by Crippen LogP contribution is 2.16. The average molecular weight is 301 g/mol. The standard InChI is InChI=1S/C16H36N.C4H10/c1-5-9-13-17(14-10-6-2,15-11-7-3)16-12-8-4;1-3-4-2/h5-16H2,1-4H3;3-4H2,1-2H3/q+1;. The third kappa shape index (κ3) is 14.7. The number of hydrogen-bond donors (Lipinski definition) is 0. The second-order valence-corrected chi connectivity index (χ2v) is 6.65. The Morgan fingerprint density at radius 1 is 0.381 bits per heavy atom. The van der Waals surface area contributed by atoms with Crippen LogP contribution in [0.25, 0.3) is 0 Å². The van der Waals surface area contributed by atoms with E-state index in [0.29, 0.717) is 0 Å². The summed E-state index contributed by atoms with van der Waals surface area (Å²) < 4.78 is 1.42. The monoisotopic (exact) mass is 300 g/mol. The molecule has 0 aromatic heterocycles. The molecule has 0 aliphatic rings. The maximum absolute atomic E-state index is 2.33. The van der Waals surface area contributed by atoms with Crippen LogP contribution in [0.1, 0.15) is 106 Å². The molecule has 1 heteroatoms. The molecule has 0 radical (unpaired) electrons. The minimum absolute atomic E-state index is 1.32. The fourth-order valence-electron chi connectivity index (χ4n) is 2.64. The molecule has 1 nitrogen and oxygen atoms in total. The molecule has 0 spiro atoms. The summed E-state index contributed by atoms with van der Waals surface area (Å²) in [6.45, 7) is 19.4. The SMILES string of the molecule is CCCC.CCCC[N+](CCCC)(CCCC)CCCC. The van der Waals surface area contributed by atoms with Crippen LogP contribution < -0.4 is 0 Å². The summed E-state index contributed by atoms with van der Waals surface area (Å²) in [5, 5.41) is 0. The lowest BCUT2D eigenvalue weighted by Crippen LogP contribution is -2.50. The second kappa shape index (κ2) is 18.0. The first kappa shape index (κ1) is 23.2. The number of quaternary nitrogens is 1. The van der Waals surface area contributed by atoms with E-state index in [-0.39, 0.29) is 0 Å². The van der Waals surface area contributed by atoms with Gasteiger partial charge in [0.25, 0.3) is 0 Å². The first-order valence-corrected chi connectivity index (χ1v) is 10.0. The predicted molar refractivity (Wildman–Crippen MR) is 99.9 cm³/mol. The van der Waals surface area contributed by atoms with Crippen LogP contribution in [0.5, 0.6) is 0 Å². The Morgan fingerprint density at radius 3 is 0.762 bits per heavy atom. The molecule has 0 atom stereocenters. The fourth-order valence-corrected chi connectivity index (χ4v) is 2.64. The van der Waals surface area contributed by atoms with Crippen molar-refractivity contribution in [3.63, 3.8) is 0 Å². The molecule has 0 saturated heterocycles. The van der Waals surface area contributed by atoms with Gasteiger partial charge in [-0.25, -0.2) is 0 Å². The normalized spacial score (nSPS) is 11.1. The second-order valence-electron chi connectivity index (χ2n) is 6.65. The van der Waals surface area contributed by atoms with Crippen molar-refractivity contribution in [3.8, 4) is 0 Å². The Balaban J connectivity index is 0. The van der Waals surface area contributed by atoms with Crippen LogP contribution in [0, 0.1) is 0 Å². The van der Waals surface area contributed by atoms with Crippen molar-refractivity contribution >= 4 is 0 Å². The van der Waals surface area contributed by atoms with Gasteiger partial charge in [0.2, 0.25) is 0 Å². The van der Waals surface area contributed by atoms with E-state index < -0.39 is 0 Å². The Bertz CT molecular complexity index is 137. The van der Waals surface area contributed by atoms with Gasteiger partial charge in [0, 0.05) is 0 Å². The molecule has 0 aromatic carbocycles. The Hall–Kier alpha value is -0.0400. The Labute approximate surface area is 137 Å². The van der Waals surface area contributed by atoms with Gasteiger partial charge in [0.1, 0.15) is 0 Å². The van der Waals surface area contributed by atoms with E-state index in [1.54, 1.807) is 0 Å². The van der Waals surface area contributed by atoms with Gasteiger partial charge in [-0.15, -0.1) is 0 Å². The molecule has 0 N–H and O–H groups in total. The van der Waals surface area contributed by atoms with Crippen LogP contribution in [0.2, 0.25) is 0 Å². The lowest BCUT2D eigenvalue weighted by Gasteiger charge is -2.39. The highest BCUT2D eigenvalue weighted by molar-refractivity contribution is 4.49. The van der Waals surface area contributed by atoms with Gasteiger partial charge in [-0.05, 0) is 25.7 Å². The van der Waals surface area contributed by atoms with Crippen molar-refractivity contribution in [2.24, 2.45) is 0 Å². The molecule has 0 unspecified atom stereocenters. The summed E-state index contributed by atoms with van der Waals surface area (Å²) in [5.74, 6) is 0. The van der Waals surface area contributed by atoms with Crippen molar-refractivity contribution < 1.29 is 4.48 Å². The zero-order chi connectivity index (χ0) is 16.4. The van der Waals surface area contributed by atoms with Crippen LogP contribution in [-0.4, -0.2) is 30.7 Å². The minimum atomic E-state index is 1.32. The molecule has 0 amide bonds. The van der Waals surface area contributed by atoms with Crippen molar-refractivity contribution in [2.75, 3.05) is 26.2 Å². The highest BCUT2D eigenvalue weighted by Gasteiger charge is 2.24. The zero-order valence-electron chi connectivity index (χ0n) is 16.3. The van der Waals surface area contributed by atoms with Gasteiger partial charge in [-0.1, -0.05) is 80.1 Å². The predicted octanol–water partition coefficient (Wildman–Crippen LogP) is 6.81. The van der Waals surface area contributed by atoms with E-state index in [4.69, 9.17) is 0 Å². The number of hydrogen-bond acceptors (Lipinski definition) is 0. The van der Waals surface area contributed by atoms with Gasteiger partial charge in [0.15, 0.2) is 0 Å². The first-order chi connectivity index (χ1) is 10.2. The largest absolute Gasteiger partial charge is 0.324 e. The molecule has 0 rings (SSSR count). The molecule has 21 heavy (non-hydrogen) atoms. The summed E-state index contributed by atoms with van der Waals surface area (Å²) in [4.78, 5) is 0. The third-order valence-electron chi connectivity index (χ3n) is 4.44. The summed E-state index contributed by atoms with van der Waals surface area (Å²) in [6, 6.07) is 0. The number of unbranched alkanes of at least 4 members (excludes halogenated alkanes) is 5. The molecule has 0 saturated carbocycles. The van der Waals surface area contributed by atoms with Gasteiger partial charge >= 0.3 is 0 Å². The number of rotatable bonds is 13. The van der Waals surface area contributed by atoms with E-state index >= 15 is 0 Å². The van der Waals surface area contributed by atoms with E-state index in [1.807, 2.05) is 0 Å². The van der Waals surface area contributed by atoms with Crippen LogP contribution in [-0.2, 0) is 0 Å². The first-order valence-electron chi connectivity index (χ1n) is 10.0. The minimum Gasteiger partial charge on any atom is -0.324 e. The maximum atomic E-state index is 2.33. The van der Waals surface area contributed by atoms with Crippen LogP contribution >= 0.6 is 0 Å². The molecule has 0 heterocycles. The van der Waals surface area contributed by atoms with E-state index in [1.165, 1.54) is 94.9 Å². The molecule has 0 aromatic rings. The Morgan fingerprint density at radius 2 is 0.619 bits per heavy atom.